The Labute approximate surface area is 159 Å². The van der Waals surface area contributed by atoms with Crippen LogP contribution in [-0.4, -0.2) is 30.6 Å². The normalized spacial score (nSPS) is 10.6. The SMILES string of the molecule is Cc1cc(=O)[nH]c(-n2nc(-c3ccccc3)cc2NC(=O)c2ccncc2)n1. The molecule has 0 saturated carbocycles. The molecular formula is C20H16N6O2. The van der Waals surface area contributed by atoms with Crippen molar-refractivity contribution in [1.29, 1.82) is 0 Å². The van der Waals surface area contributed by atoms with E-state index in [2.05, 4.69) is 25.4 Å². The summed E-state index contributed by atoms with van der Waals surface area (Å²) in [5.74, 6) is 0.282. The van der Waals surface area contributed by atoms with Crippen LogP contribution >= 0.6 is 0 Å². The van der Waals surface area contributed by atoms with Crippen molar-refractivity contribution in [1.82, 2.24) is 24.7 Å². The third-order valence-electron chi connectivity index (χ3n) is 4.02. The monoisotopic (exact) mass is 372 g/mol. The molecule has 1 aromatic carbocycles. The number of aryl methyl sites for hydroxylation is 1. The first kappa shape index (κ1) is 17.3. The lowest BCUT2D eigenvalue weighted by Crippen LogP contribution is -2.18. The van der Waals surface area contributed by atoms with Gasteiger partial charge >= 0.3 is 0 Å². The maximum atomic E-state index is 12.6. The van der Waals surface area contributed by atoms with E-state index in [4.69, 9.17) is 0 Å². The Balaban J connectivity index is 1.80. The molecular weight excluding hydrogens is 356 g/mol. The van der Waals surface area contributed by atoms with Gasteiger partial charge in [-0.05, 0) is 19.1 Å². The number of carbonyl (C=O) groups excluding carboxylic acids is 1. The predicted octanol–water partition coefficient (Wildman–Crippen LogP) is 2.58. The molecule has 8 nitrogen and oxygen atoms in total. The van der Waals surface area contributed by atoms with Gasteiger partial charge in [-0.25, -0.2) is 4.98 Å². The fourth-order valence-corrected chi connectivity index (χ4v) is 2.74. The van der Waals surface area contributed by atoms with E-state index in [-0.39, 0.29) is 17.4 Å². The molecule has 0 aliphatic heterocycles. The summed E-state index contributed by atoms with van der Waals surface area (Å²) in [6.45, 7) is 1.72. The molecule has 4 aromatic rings. The molecule has 3 heterocycles. The number of aromatic amines is 1. The third kappa shape index (κ3) is 3.56. The molecule has 3 aromatic heterocycles. The molecule has 8 heteroatoms. The number of amides is 1. The highest BCUT2D eigenvalue weighted by Crippen LogP contribution is 2.23. The molecule has 2 N–H and O–H groups in total. The van der Waals surface area contributed by atoms with Crippen LogP contribution in [0.2, 0.25) is 0 Å². The zero-order valence-corrected chi connectivity index (χ0v) is 15.0. The number of hydrogen-bond donors (Lipinski definition) is 2. The smallest absolute Gasteiger partial charge is 0.256 e. The van der Waals surface area contributed by atoms with Crippen LogP contribution in [0.1, 0.15) is 16.1 Å². The van der Waals surface area contributed by atoms with E-state index >= 15 is 0 Å². The number of rotatable bonds is 4. The highest BCUT2D eigenvalue weighted by molar-refractivity contribution is 6.04. The molecule has 0 bridgehead atoms. The minimum absolute atomic E-state index is 0.220. The second kappa shape index (κ2) is 7.28. The molecule has 0 atom stereocenters. The van der Waals surface area contributed by atoms with Crippen molar-refractivity contribution in [3.8, 4) is 17.2 Å². The van der Waals surface area contributed by atoms with Gasteiger partial charge in [-0.1, -0.05) is 30.3 Å². The van der Waals surface area contributed by atoms with Gasteiger partial charge < -0.3 is 5.32 Å². The minimum Gasteiger partial charge on any atom is -0.306 e. The van der Waals surface area contributed by atoms with E-state index < -0.39 is 0 Å². The van der Waals surface area contributed by atoms with Gasteiger partial charge in [0.25, 0.3) is 11.5 Å². The number of pyridine rings is 1. The molecule has 0 unspecified atom stereocenters. The van der Waals surface area contributed by atoms with Gasteiger partial charge in [0.2, 0.25) is 5.95 Å². The highest BCUT2D eigenvalue weighted by atomic mass is 16.1. The van der Waals surface area contributed by atoms with Crippen LogP contribution in [0.25, 0.3) is 17.2 Å². The van der Waals surface area contributed by atoms with Crippen LogP contribution in [0.15, 0.2) is 71.8 Å². The van der Waals surface area contributed by atoms with Crippen LogP contribution in [0, 0.1) is 6.92 Å². The van der Waals surface area contributed by atoms with Crippen molar-refractivity contribution in [3.63, 3.8) is 0 Å². The van der Waals surface area contributed by atoms with E-state index in [0.717, 1.165) is 5.56 Å². The maximum absolute atomic E-state index is 12.6. The zero-order valence-electron chi connectivity index (χ0n) is 15.0. The number of aromatic nitrogens is 5. The lowest BCUT2D eigenvalue weighted by molar-refractivity contribution is 0.102. The Morgan fingerprint density at radius 2 is 1.82 bits per heavy atom. The van der Waals surface area contributed by atoms with Crippen molar-refractivity contribution in [2.24, 2.45) is 0 Å². The summed E-state index contributed by atoms with van der Waals surface area (Å²) >= 11 is 0. The lowest BCUT2D eigenvalue weighted by atomic mass is 10.1. The number of nitrogens with one attached hydrogen (secondary N) is 2. The van der Waals surface area contributed by atoms with Gasteiger partial charge in [0.1, 0.15) is 5.82 Å². The minimum atomic E-state index is -0.321. The summed E-state index contributed by atoms with van der Waals surface area (Å²) < 4.78 is 1.41. The van der Waals surface area contributed by atoms with Gasteiger partial charge in [-0.15, -0.1) is 0 Å². The fraction of sp³-hybridized carbons (Fsp3) is 0.0500. The molecule has 0 radical (unpaired) electrons. The van der Waals surface area contributed by atoms with Crippen LogP contribution in [0.5, 0.6) is 0 Å². The summed E-state index contributed by atoms with van der Waals surface area (Å²) in [7, 11) is 0. The molecule has 1 amide bonds. The zero-order chi connectivity index (χ0) is 19.5. The summed E-state index contributed by atoms with van der Waals surface area (Å²) in [6.07, 6.45) is 3.09. The Morgan fingerprint density at radius 3 is 2.54 bits per heavy atom. The molecule has 0 aliphatic rings. The molecule has 138 valence electrons. The van der Waals surface area contributed by atoms with Crippen molar-refractivity contribution >= 4 is 11.7 Å². The Morgan fingerprint density at radius 1 is 1.07 bits per heavy atom. The standard InChI is InChI=1S/C20H16N6O2/c1-13-11-18(27)24-20(22-13)26-17(23-19(28)15-7-9-21-10-8-15)12-16(25-26)14-5-3-2-4-6-14/h2-12H,1H3,(H,23,28)(H,22,24,27). The number of H-pyrrole nitrogens is 1. The van der Waals surface area contributed by atoms with Gasteiger partial charge in [0.05, 0.1) is 5.69 Å². The Hall–Kier alpha value is -4.07. The number of nitrogens with zero attached hydrogens (tertiary/aromatic N) is 4. The Bertz CT molecular complexity index is 1180. The number of hydrogen-bond acceptors (Lipinski definition) is 5. The Kier molecular flexibility index (Phi) is 4.51. The van der Waals surface area contributed by atoms with Crippen LogP contribution < -0.4 is 10.9 Å². The number of carbonyl (C=O) groups is 1. The van der Waals surface area contributed by atoms with E-state index in [0.29, 0.717) is 22.8 Å². The van der Waals surface area contributed by atoms with Gasteiger partial charge in [0, 0.05) is 41.3 Å². The fourth-order valence-electron chi connectivity index (χ4n) is 2.74. The van der Waals surface area contributed by atoms with Gasteiger partial charge in [-0.3, -0.25) is 19.6 Å². The average Bonchev–Trinajstić information content (AvgIpc) is 3.12. The first-order valence-electron chi connectivity index (χ1n) is 8.55. The summed E-state index contributed by atoms with van der Waals surface area (Å²) in [5, 5.41) is 7.36. The van der Waals surface area contributed by atoms with E-state index in [1.54, 1.807) is 37.5 Å². The van der Waals surface area contributed by atoms with Crippen molar-refractivity contribution in [3.05, 3.63) is 88.6 Å². The second-order valence-electron chi connectivity index (χ2n) is 6.09. The topological polar surface area (TPSA) is 106 Å². The third-order valence-corrected chi connectivity index (χ3v) is 4.02. The summed E-state index contributed by atoms with van der Waals surface area (Å²) in [6, 6.07) is 15.9. The second-order valence-corrected chi connectivity index (χ2v) is 6.09. The average molecular weight is 372 g/mol. The molecule has 28 heavy (non-hydrogen) atoms. The van der Waals surface area contributed by atoms with Crippen molar-refractivity contribution in [2.45, 2.75) is 6.92 Å². The van der Waals surface area contributed by atoms with Crippen LogP contribution in [0.4, 0.5) is 5.82 Å². The van der Waals surface area contributed by atoms with E-state index in [9.17, 15) is 9.59 Å². The largest absolute Gasteiger partial charge is 0.306 e. The predicted molar refractivity (Wildman–Crippen MR) is 104 cm³/mol. The molecule has 4 rings (SSSR count). The highest BCUT2D eigenvalue weighted by Gasteiger charge is 2.16. The lowest BCUT2D eigenvalue weighted by Gasteiger charge is -2.08. The maximum Gasteiger partial charge on any atom is 0.256 e. The number of anilines is 1. The molecule has 0 aliphatic carbocycles. The van der Waals surface area contributed by atoms with E-state index in [1.807, 2.05) is 30.3 Å². The van der Waals surface area contributed by atoms with Gasteiger partial charge in [-0.2, -0.15) is 9.78 Å². The van der Waals surface area contributed by atoms with Crippen LogP contribution in [-0.2, 0) is 0 Å². The van der Waals surface area contributed by atoms with Crippen molar-refractivity contribution in [2.75, 3.05) is 5.32 Å². The molecule has 0 fully saturated rings. The first-order chi connectivity index (χ1) is 13.6. The van der Waals surface area contributed by atoms with E-state index in [1.165, 1.54) is 10.7 Å². The summed E-state index contributed by atoms with van der Waals surface area (Å²) in [5.41, 5.74) is 2.20. The first-order valence-corrected chi connectivity index (χ1v) is 8.55. The number of benzene rings is 1. The molecule has 0 saturated heterocycles. The molecule has 0 spiro atoms. The summed E-state index contributed by atoms with van der Waals surface area (Å²) in [4.78, 5) is 35.4. The van der Waals surface area contributed by atoms with Gasteiger partial charge in [0.15, 0.2) is 0 Å². The van der Waals surface area contributed by atoms with Crippen LogP contribution in [0.3, 0.4) is 0 Å². The van der Waals surface area contributed by atoms with Crippen molar-refractivity contribution < 1.29 is 4.79 Å². The quantitative estimate of drug-likeness (QED) is 0.573.